The van der Waals surface area contributed by atoms with Crippen molar-refractivity contribution in [3.8, 4) is 11.8 Å². The fourth-order valence-corrected chi connectivity index (χ4v) is 4.93. The van der Waals surface area contributed by atoms with Gasteiger partial charge in [-0.05, 0) is 70.8 Å². The van der Waals surface area contributed by atoms with Gasteiger partial charge in [-0.15, -0.1) is 5.92 Å². The Morgan fingerprint density at radius 2 is 2.09 bits per heavy atom. The summed E-state index contributed by atoms with van der Waals surface area (Å²) in [7, 11) is 0. The van der Waals surface area contributed by atoms with Crippen LogP contribution in [0.15, 0.2) is 11.6 Å². The van der Waals surface area contributed by atoms with Crippen molar-refractivity contribution in [3.63, 3.8) is 0 Å². The van der Waals surface area contributed by atoms with E-state index in [0.717, 1.165) is 6.54 Å². The Bertz CT molecular complexity index is 510. The molecule has 0 aromatic carbocycles. The van der Waals surface area contributed by atoms with Crippen molar-refractivity contribution in [3.05, 3.63) is 11.6 Å². The summed E-state index contributed by atoms with van der Waals surface area (Å²) in [4.78, 5) is 2.56. The van der Waals surface area contributed by atoms with Crippen LogP contribution in [0.5, 0.6) is 0 Å². The van der Waals surface area contributed by atoms with Gasteiger partial charge in [-0.25, -0.2) is 0 Å². The first-order valence-corrected chi connectivity index (χ1v) is 9.56. The summed E-state index contributed by atoms with van der Waals surface area (Å²) in [6.07, 6.45) is 12.0. The lowest BCUT2D eigenvalue weighted by Crippen LogP contribution is -2.65. The predicted octanol–water partition coefficient (Wildman–Crippen LogP) is 4.75. The van der Waals surface area contributed by atoms with E-state index in [1.165, 1.54) is 50.5 Å². The number of hydrogen-bond donors (Lipinski definition) is 0. The molecule has 4 atom stereocenters. The molecular formula is C21H33NO. The highest BCUT2D eigenvalue weighted by atomic mass is 16.5. The third kappa shape index (κ3) is 3.24. The van der Waals surface area contributed by atoms with Crippen molar-refractivity contribution in [2.75, 3.05) is 6.54 Å². The van der Waals surface area contributed by atoms with Crippen LogP contribution in [0.4, 0.5) is 0 Å². The number of fused-ring (bicyclic) bond motifs is 1. The lowest BCUT2D eigenvalue weighted by atomic mass is 9.68. The van der Waals surface area contributed by atoms with Crippen LogP contribution in [0.3, 0.4) is 0 Å². The molecular weight excluding hydrogens is 282 g/mol. The van der Waals surface area contributed by atoms with Gasteiger partial charge in [0.25, 0.3) is 0 Å². The number of hydrogen-bond acceptors (Lipinski definition) is 2. The molecule has 0 N–H and O–H groups in total. The molecule has 1 saturated heterocycles. The van der Waals surface area contributed by atoms with E-state index in [1.54, 1.807) is 0 Å². The maximum atomic E-state index is 6.78. The molecule has 1 heterocycles. The molecule has 0 amide bonds. The summed E-state index contributed by atoms with van der Waals surface area (Å²) in [5, 5.41) is 0. The first-order chi connectivity index (χ1) is 11.1. The van der Waals surface area contributed by atoms with Gasteiger partial charge >= 0.3 is 0 Å². The minimum absolute atomic E-state index is 0.146. The first kappa shape index (κ1) is 17.1. The Morgan fingerprint density at radius 1 is 1.26 bits per heavy atom. The Labute approximate surface area is 142 Å². The van der Waals surface area contributed by atoms with E-state index >= 15 is 0 Å². The maximum Gasteiger partial charge on any atom is 0.134 e. The van der Waals surface area contributed by atoms with Crippen LogP contribution in [-0.2, 0) is 4.74 Å². The van der Waals surface area contributed by atoms with Gasteiger partial charge in [0, 0.05) is 11.5 Å². The summed E-state index contributed by atoms with van der Waals surface area (Å²) < 4.78 is 6.78. The minimum Gasteiger partial charge on any atom is -0.355 e. The van der Waals surface area contributed by atoms with Crippen molar-refractivity contribution in [1.29, 1.82) is 0 Å². The second-order valence-electron chi connectivity index (χ2n) is 8.20. The Hall–Kier alpha value is -0.780. The van der Waals surface area contributed by atoms with Crippen LogP contribution in [0.1, 0.15) is 72.6 Å². The highest BCUT2D eigenvalue weighted by Crippen LogP contribution is 2.47. The van der Waals surface area contributed by atoms with E-state index < -0.39 is 0 Å². The van der Waals surface area contributed by atoms with Gasteiger partial charge in [-0.2, -0.15) is 0 Å². The molecule has 3 aliphatic rings. The molecule has 2 fully saturated rings. The smallest absolute Gasteiger partial charge is 0.134 e. The summed E-state index contributed by atoms with van der Waals surface area (Å²) in [6.45, 7) is 10.0. The number of allylic oxidation sites excluding steroid dienone is 1. The SMILES string of the molecule is CC#CCN1C(C2=CCCCC2)OC2C(C)CCCC2C1(C)C. The third-order valence-corrected chi connectivity index (χ3v) is 6.42. The molecule has 0 aromatic rings. The van der Waals surface area contributed by atoms with Crippen molar-refractivity contribution < 1.29 is 4.74 Å². The minimum atomic E-state index is 0.146. The zero-order valence-electron chi connectivity index (χ0n) is 15.4. The molecule has 0 spiro atoms. The largest absolute Gasteiger partial charge is 0.355 e. The van der Waals surface area contributed by atoms with Crippen LogP contribution in [0, 0.1) is 23.7 Å². The fourth-order valence-electron chi connectivity index (χ4n) is 4.93. The molecule has 128 valence electrons. The highest BCUT2D eigenvalue weighted by Gasteiger charge is 2.51. The van der Waals surface area contributed by atoms with Crippen LogP contribution < -0.4 is 0 Å². The van der Waals surface area contributed by atoms with Crippen molar-refractivity contribution in [1.82, 2.24) is 4.90 Å². The summed E-state index contributed by atoms with van der Waals surface area (Å²) >= 11 is 0. The molecule has 0 aromatic heterocycles. The van der Waals surface area contributed by atoms with Crippen LogP contribution in [0.25, 0.3) is 0 Å². The summed E-state index contributed by atoms with van der Waals surface area (Å²) in [5.41, 5.74) is 1.67. The van der Waals surface area contributed by atoms with Gasteiger partial charge in [-0.1, -0.05) is 25.3 Å². The number of ether oxygens (including phenoxy) is 1. The van der Waals surface area contributed by atoms with E-state index in [-0.39, 0.29) is 11.8 Å². The number of rotatable bonds is 2. The zero-order chi connectivity index (χ0) is 16.4. The maximum absolute atomic E-state index is 6.78. The van der Waals surface area contributed by atoms with E-state index in [9.17, 15) is 0 Å². The van der Waals surface area contributed by atoms with Gasteiger partial charge in [0.2, 0.25) is 0 Å². The summed E-state index contributed by atoms with van der Waals surface area (Å²) in [5.74, 6) is 7.72. The van der Waals surface area contributed by atoms with Gasteiger partial charge in [0.1, 0.15) is 6.23 Å². The topological polar surface area (TPSA) is 12.5 Å². The zero-order valence-corrected chi connectivity index (χ0v) is 15.4. The molecule has 3 rings (SSSR count). The van der Waals surface area contributed by atoms with Gasteiger partial charge in [0.15, 0.2) is 0 Å². The van der Waals surface area contributed by atoms with E-state index in [0.29, 0.717) is 17.9 Å². The molecule has 0 bridgehead atoms. The lowest BCUT2D eigenvalue weighted by Gasteiger charge is -2.58. The Kier molecular flexibility index (Phi) is 5.19. The summed E-state index contributed by atoms with van der Waals surface area (Å²) in [6, 6.07) is 0. The molecule has 1 aliphatic heterocycles. The predicted molar refractivity (Wildman–Crippen MR) is 96.0 cm³/mol. The van der Waals surface area contributed by atoms with Crippen molar-refractivity contribution in [2.45, 2.75) is 90.5 Å². The van der Waals surface area contributed by atoms with Gasteiger partial charge in [0.05, 0.1) is 12.6 Å². The second kappa shape index (κ2) is 6.99. The van der Waals surface area contributed by atoms with Gasteiger partial charge in [-0.3, -0.25) is 4.90 Å². The van der Waals surface area contributed by atoms with Crippen LogP contribution in [-0.4, -0.2) is 29.3 Å². The molecule has 2 nitrogen and oxygen atoms in total. The molecule has 23 heavy (non-hydrogen) atoms. The molecule has 2 aliphatic carbocycles. The highest BCUT2D eigenvalue weighted by molar-refractivity contribution is 5.17. The fraction of sp³-hybridized carbons (Fsp3) is 0.810. The Balaban J connectivity index is 1.93. The molecule has 2 heteroatoms. The lowest BCUT2D eigenvalue weighted by molar-refractivity contribution is -0.225. The third-order valence-electron chi connectivity index (χ3n) is 6.42. The molecule has 4 unspecified atom stereocenters. The Morgan fingerprint density at radius 3 is 2.78 bits per heavy atom. The van der Waals surface area contributed by atoms with E-state index in [2.05, 4.69) is 43.6 Å². The number of nitrogens with zero attached hydrogens (tertiary/aromatic N) is 1. The normalized spacial score (nSPS) is 37.3. The average Bonchev–Trinajstić information content (AvgIpc) is 2.55. The standard InChI is InChI=1S/C21H33NO/c1-5-6-15-22-20(17-12-8-7-9-13-17)23-19-16(2)11-10-14-18(19)21(22,3)4/h12,16,18-20H,7-11,13-15H2,1-4H3. The molecule has 1 saturated carbocycles. The van der Waals surface area contributed by atoms with E-state index in [1.807, 2.05) is 6.92 Å². The first-order valence-electron chi connectivity index (χ1n) is 9.56. The quantitative estimate of drug-likeness (QED) is 0.538. The van der Waals surface area contributed by atoms with Crippen LogP contribution >= 0.6 is 0 Å². The van der Waals surface area contributed by atoms with Crippen molar-refractivity contribution in [2.24, 2.45) is 11.8 Å². The molecule has 0 radical (unpaired) electrons. The second-order valence-corrected chi connectivity index (χ2v) is 8.20. The van der Waals surface area contributed by atoms with Crippen LogP contribution in [0.2, 0.25) is 0 Å². The van der Waals surface area contributed by atoms with E-state index in [4.69, 9.17) is 4.74 Å². The average molecular weight is 316 g/mol. The monoisotopic (exact) mass is 315 g/mol. The van der Waals surface area contributed by atoms with Gasteiger partial charge < -0.3 is 4.74 Å². The van der Waals surface area contributed by atoms with Crippen molar-refractivity contribution >= 4 is 0 Å².